The van der Waals surface area contributed by atoms with Crippen molar-refractivity contribution < 1.29 is 13.7 Å². The predicted molar refractivity (Wildman–Crippen MR) is 78.8 cm³/mol. The number of rotatable bonds is 6. The Labute approximate surface area is 116 Å². The van der Waals surface area contributed by atoms with E-state index in [1.165, 1.54) is 7.11 Å². The molecule has 19 heavy (non-hydrogen) atoms. The summed E-state index contributed by atoms with van der Waals surface area (Å²) in [6, 6.07) is 4.97. The maximum atomic E-state index is 12.0. The molecular formula is C13H20N2O3S. The van der Waals surface area contributed by atoms with Gasteiger partial charge in [0.1, 0.15) is 11.0 Å². The molecule has 0 bridgehead atoms. The molecule has 0 saturated heterocycles. The lowest BCUT2D eigenvalue weighted by atomic mass is 10.2. The third kappa shape index (κ3) is 4.24. The van der Waals surface area contributed by atoms with Crippen molar-refractivity contribution >= 4 is 28.1 Å². The minimum Gasteiger partial charge on any atom is -0.494 e. The molecule has 1 aromatic carbocycles. The van der Waals surface area contributed by atoms with Crippen LogP contribution in [0.1, 0.15) is 20.3 Å². The molecule has 0 aliphatic rings. The quantitative estimate of drug-likeness (QED) is 0.780. The fourth-order valence-corrected chi connectivity index (χ4v) is 2.60. The number of hydrogen-bond donors (Lipinski definition) is 2. The van der Waals surface area contributed by atoms with Crippen LogP contribution in [0.25, 0.3) is 0 Å². The van der Waals surface area contributed by atoms with Gasteiger partial charge in [-0.15, -0.1) is 0 Å². The van der Waals surface area contributed by atoms with E-state index >= 15 is 0 Å². The van der Waals surface area contributed by atoms with Crippen LogP contribution >= 0.6 is 0 Å². The van der Waals surface area contributed by atoms with Crippen LogP contribution in [-0.4, -0.2) is 28.2 Å². The Hall–Kier alpha value is -1.56. The Morgan fingerprint density at radius 3 is 2.79 bits per heavy atom. The van der Waals surface area contributed by atoms with Crippen LogP contribution in [-0.2, 0) is 15.6 Å². The second kappa shape index (κ2) is 7.13. The Kier molecular flexibility index (Phi) is 5.82. The Balaban J connectivity index is 2.79. The van der Waals surface area contributed by atoms with Gasteiger partial charge in [0.25, 0.3) is 0 Å². The van der Waals surface area contributed by atoms with Crippen molar-refractivity contribution in [1.82, 2.24) is 0 Å². The number of carbonyl (C=O) groups excluding carboxylic acids is 1. The highest BCUT2D eigenvalue weighted by Gasteiger charge is 2.20. The SMILES string of the molecule is CCCS(=O)C(C)C(=O)Nc1ccc(N)cc1OC. The smallest absolute Gasteiger partial charge is 0.239 e. The number of ether oxygens (including phenoxy) is 1. The maximum Gasteiger partial charge on any atom is 0.239 e. The van der Waals surface area contributed by atoms with E-state index in [9.17, 15) is 9.00 Å². The van der Waals surface area contributed by atoms with Crippen molar-refractivity contribution in [3.63, 3.8) is 0 Å². The van der Waals surface area contributed by atoms with E-state index in [0.29, 0.717) is 22.9 Å². The summed E-state index contributed by atoms with van der Waals surface area (Å²) in [6.45, 7) is 3.59. The van der Waals surface area contributed by atoms with Crippen LogP contribution < -0.4 is 15.8 Å². The minimum absolute atomic E-state index is 0.283. The topological polar surface area (TPSA) is 81.4 Å². The first-order chi connectivity index (χ1) is 8.99. The van der Waals surface area contributed by atoms with Gasteiger partial charge in [-0.1, -0.05) is 6.92 Å². The first-order valence-electron chi connectivity index (χ1n) is 6.11. The molecule has 5 nitrogen and oxygen atoms in total. The van der Waals surface area contributed by atoms with Crippen LogP contribution in [0, 0.1) is 0 Å². The molecule has 3 N–H and O–H groups in total. The normalized spacial score (nSPS) is 13.6. The fraction of sp³-hybridized carbons (Fsp3) is 0.462. The van der Waals surface area contributed by atoms with Gasteiger partial charge in [-0.05, 0) is 25.5 Å². The number of carbonyl (C=O) groups is 1. The van der Waals surface area contributed by atoms with Gasteiger partial charge in [0.2, 0.25) is 5.91 Å². The van der Waals surface area contributed by atoms with Crippen molar-refractivity contribution in [1.29, 1.82) is 0 Å². The van der Waals surface area contributed by atoms with Gasteiger partial charge in [0, 0.05) is 28.3 Å². The zero-order valence-electron chi connectivity index (χ0n) is 11.4. The first-order valence-corrected chi connectivity index (χ1v) is 7.49. The van der Waals surface area contributed by atoms with E-state index in [0.717, 1.165) is 6.42 Å². The number of methoxy groups -OCH3 is 1. The molecule has 1 aromatic rings. The third-order valence-corrected chi connectivity index (χ3v) is 4.47. The summed E-state index contributed by atoms with van der Waals surface area (Å²) >= 11 is 0. The van der Waals surface area contributed by atoms with Gasteiger partial charge in [0.05, 0.1) is 12.8 Å². The highest BCUT2D eigenvalue weighted by atomic mass is 32.2. The van der Waals surface area contributed by atoms with Gasteiger partial charge < -0.3 is 15.8 Å². The zero-order chi connectivity index (χ0) is 14.4. The molecule has 6 heteroatoms. The largest absolute Gasteiger partial charge is 0.494 e. The summed E-state index contributed by atoms with van der Waals surface area (Å²) in [5.74, 6) is 0.727. The van der Waals surface area contributed by atoms with E-state index in [4.69, 9.17) is 10.5 Å². The Morgan fingerprint density at radius 2 is 2.21 bits per heavy atom. The number of nitrogens with two attached hydrogens (primary N) is 1. The average Bonchev–Trinajstić information content (AvgIpc) is 2.39. The molecule has 2 unspecified atom stereocenters. The van der Waals surface area contributed by atoms with Crippen molar-refractivity contribution in [3.05, 3.63) is 18.2 Å². The molecule has 0 spiro atoms. The molecule has 106 valence electrons. The molecule has 0 aliphatic heterocycles. The van der Waals surface area contributed by atoms with E-state index in [1.54, 1.807) is 25.1 Å². The second-order valence-corrected chi connectivity index (χ2v) is 6.05. The molecule has 0 aromatic heterocycles. The number of hydrogen-bond acceptors (Lipinski definition) is 4. The monoisotopic (exact) mass is 284 g/mol. The van der Waals surface area contributed by atoms with Crippen molar-refractivity contribution in [3.8, 4) is 5.75 Å². The van der Waals surface area contributed by atoms with E-state index in [1.807, 2.05) is 6.92 Å². The van der Waals surface area contributed by atoms with Crippen LogP contribution in [0.5, 0.6) is 5.75 Å². The molecule has 0 heterocycles. The third-order valence-electron chi connectivity index (χ3n) is 2.65. The number of nitrogens with one attached hydrogen (secondary N) is 1. The Morgan fingerprint density at radius 1 is 1.53 bits per heavy atom. The van der Waals surface area contributed by atoms with Gasteiger partial charge >= 0.3 is 0 Å². The molecule has 0 saturated carbocycles. The molecular weight excluding hydrogens is 264 g/mol. The summed E-state index contributed by atoms with van der Waals surface area (Å²) in [5, 5.41) is 2.16. The van der Waals surface area contributed by atoms with E-state index in [-0.39, 0.29) is 5.91 Å². The lowest BCUT2D eigenvalue weighted by molar-refractivity contribution is -0.115. The summed E-state index contributed by atoms with van der Waals surface area (Å²) in [6.07, 6.45) is 0.787. The number of anilines is 2. The van der Waals surface area contributed by atoms with Crippen LogP contribution in [0.3, 0.4) is 0 Å². The van der Waals surface area contributed by atoms with Crippen molar-refractivity contribution in [2.75, 3.05) is 23.9 Å². The standard InChI is InChI=1S/C13H20N2O3S/c1-4-7-19(17)9(2)13(16)15-11-6-5-10(14)8-12(11)18-3/h5-6,8-9H,4,7,14H2,1-3H3,(H,15,16). The van der Waals surface area contributed by atoms with Crippen molar-refractivity contribution in [2.24, 2.45) is 0 Å². The second-order valence-electron chi connectivity index (χ2n) is 4.18. The number of amides is 1. The van der Waals surface area contributed by atoms with Crippen LogP contribution in [0.2, 0.25) is 0 Å². The number of nitrogen functional groups attached to an aromatic ring is 1. The minimum atomic E-state index is -1.16. The van der Waals surface area contributed by atoms with E-state index in [2.05, 4.69) is 5.32 Å². The summed E-state index contributed by atoms with van der Waals surface area (Å²) in [5.41, 5.74) is 6.72. The lowest BCUT2D eigenvalue weighted by Gasteiger charge is -2.14. The van der Waals surface area contributed by atoms with Crippen LogP contribution in [0.15, 0.2) is 18.2 Å². The zero-order valence-corrected chi connectivity index (χ0v) is 12.3. The predicted octanol–water partition coefficient (Wildman–Crippen LogP) is 1.76. The average molecular weight is 284 g/mol. The molecule has 0 fully saturated rings. The molecule has 0 aliphatic carbocycles. The summed E-state index contributed by atoms with van der Waals surface area (Å²) < 4.78 is 16.9. The van der Waals surface area contributed by atoms with Gasteiger partial charge in [-0.25, -0.2) is 0 Å². The molecule has 2 atom stereocenters. The summed E-state index contributed by atoms with van der Waals surface area (Å²) in [4.78, 5) is 12.0. The lowest BCUT2D eigenvalue weighted by Crippen LogP contribution is -2.30. The molecule has 1 amide bonds. The molecule has 1 rings (SSSR count). The van der Waals surface area contributed by atoms with Gasteiger partial charge in [-0.2, -0.15) is 0 Å². The molecule has 0 radical (unpaired) electrons. The highest BCUT2D eigenvalue weighted by Crippen LogP contribution is 2.26. The highest BCUT2D eigenvalue weighted by molar-refractivity contribution is 7.86. The first kappa shape index (κ1) is 15.5. The fourth-order valence-electron chi connectivity index (χ4n) is 1.54. The summed E-state index contributed by atoms with van der Waals surface area (Å²) in [7, 11) is 0.344. The van der Waals surface area contributed by atoms with Gasteiger partial charge in [0.15, 0.2) is 0 Å². The van der Waals surface area contributed by atoms with Crippen LogP contribution in [0.4, 0.5) is 11.4 Å². The van der Waals surface area contributed by atoms with Crippen molar-refractivity contribution in [2.45, 2.75) is 25.5 Å². The Bertz CT molecular complexity index is 477. The maximum absolute atomic E-state index is 12.0. The van der Waals surface area contributed by atoms with Gasteiger partial charge in [-0.3, -0.25) is 9.00 Å². The number of benzene rings is 1. The van der Waals surface area contributed by atoms with E-state index < -0.39 is 16.0 Å².